The highest BCUT2D eigenvalue weighted by Gasteiger charge is 2.30. The van der Waals surface area contributed by atoms with Crippen molar-refractivity contribution in [2.24, 2.45) is 5.92 Å². The predicted molar refractivity (Wildman–Crippen MR) is 156 cm³/mol. The number of nitrogens with zero attached hydrogens (tertiary/aromatic N) is 1. The second-order valence-corrected chi connectivity index (χ2v) is 10.7. The SMILES string of the molecule is CNC[C@H]1OCCCC[C@@H](C)Oc2ccc(NC(=O)Nc3ccc4c(c3)OCO4)cc2C(=O)N([C@H](C)CO)C[C@H]1C. The number of ether oxygens (including phenoxy) is 4. The number of amides is 3. The van der Waals surface area contributed by atoms with Gasteiger partial charge >= 0.3 is 6.03 Å². The lowest BCUT2D eigenvalue weighted by Crippen LogP contribution is -2.47. The Morgan fingerprint density at radius 2 is 1.76 bits per heavy atom. The fourth-order valence-corrected chi connectivity index (χ4v) is 4.96. The van der Waals surface area contributed by atoms with Crippen molar-refractivity contribution in [3.05, 3.63) is 42.0 Å². The molecule has 2 aliphatic rings. The molecule has 0 radical (unpaired) electrons. The van der Waals surface area contributed by atoms with Crippen molar-refractivity contribution in [1.82, 2.24) is 10.2 Å². The number of nitrogens with one attached hydrogen (secondary N) is 3. The summed E-state index contributed by atoms with van der Waals surface area (Å²) in [5.74, 6) is 1.32. The first kappa shape index (κ1) is 30.4. The normalized spacial score (nSPS) is 22.2. The van der Waals surface area contributed by atoms with Crippen molar-refractivity contribution >= 4 is 23.3 Å². The van der Waals surface area contributed by atoms with Crippen LogP contribution in [-0.4, -0.2) is 80.3 Å². The van der Waals surface area contributed by atoms with Gasteiger partial charge in [0.05, 0.1) is 30.4 Å². The predicted octanol–water partition coefficient (Wildman–Crippen LogP) is 4.07. The van der Waals surface area contributed by atoms with Gasteiger partial charge in [-0.05, 0) is 70.5 Å². The van der Waals surface area contributed by atoms with Crippen LogP contribution in [0.2, 0.25) is 0 Å². The number of benzene rings is 2. The fourth-order valence-electron chi connectivity index (χ4n) is 4.96. The molecule has 2 aliphatic heterocycles. The van der Waals surface area contributed by atoms with Crippen LogP contribution in [-0.2, 0) is 4.74 Å². The molecule has 2 aromatic rings. The van der Waals surface area contributed by atoms with Crippen LogP contribution in [0.5, 0.6) is 17.2 Å². The monoisotopic (exact) mass is 570 g/mol. The molecule has 41 heavy (non-hydrogen) atoms. The number of likely N-dealkylation sites (N-methyl/N-ethyl adjacent to an activating group) is 1. The average Bonchev–Trinajstić information content (AvgIpc) is 3.42. The lowest BCUT2D eigenvalue weighted by Gasteiger charge is -2.34. The minimum atomic E-state index is -0.479. The number of rotatable bonds is 6. The Bertz CT molecular complexity index is 1190. The molecule has 11 heteroatoms. The average molecular weight is 571 g/mol. The van der Waals surface area contributed by atoms with Crippen molar-refractivity contribution in [3.8, 4) is 17.2 Å². The number of carbonyl (C=O) groups is 2. The molecule has 0 aliphatic carbocycles. The zero-order valence-corrected chi connectivity index (χ0v) is 24.3. The number of fused-ring (bicyclic) bond motifs is 2. The van der Waals surface area contributed by atoms with E-state index < -0.39 is 12.1 Å². The summed E-state index contributed by atoms with van der Waals surface area (Å²) in [6, 6.07) is 9.26. The maximum Gasteiger partial charge on any atom is 0.323 e. The molecule has 0 saturated carbocycles. The molecule has 4 rings (SSSR count). The molecule has 2 aromatic carbocycles. The molecule has 3 amide bonds. The minimum Gasteiger partial charge on any atom is -0.490 e. The molecule has 0 saturated heterocycles. The Kier molecular flexibility index (Phi) is 10.7. The number of hydrogen-bond acceptors (Lipinski definition) is 8. The van der Waals surface area contributed by atoms with E-state index in [0.717, 1.165) is 19.3 Å². The second-order valence-electron chi connectivity index (χ2n) is 10.7. The van der Waals surface area contributed by atoms with Gasteiger partial charge in [0.1, 0.15) is 5.75 Å². The van der Waals surface area contributed by atoms with Crippen LogP contribution in [0.25, 0.3) is 0 Å². The maximum atomic E-state index is 14.1. The zero-order valence-electron chi connectivity index (χ0n) is 24.3. The van der Waals surface area contributed by atoms with E-state index in [4.69, 9.17) is 18.9 Å². The van der Waals surface area contributed by atoms with Crippen molar-refractivity contribution in [2.45, 2.75) is 58.3 Å². The van der Waals surface area contributed by atoms with Crippen LogP contribution < -0.4 is 30.2 Å². The van der Waals surface area contributed by atoms with Crippen LogP contribution in [0, 0.1) is 5.92 Å². The zero-order chi connectivity index (χ0) is 29.4. The molecule has 0 bridgehead atoms. The van der Waals surface area contributed by atoms with E-state index in [-0.39, 0.29) is 37.4 Å². The van der Waals surface area contributed by atoms with Gasteiger partial charge < -0.3 is 44.9 Å². The third-order valence-electron chi connectivity index (χ3n) is 7.35. The number of carbonyl (C=O) groups excluding carboxylic acids is 2. The second kappa shape index (κ2) is 14.4. The molecule has 4 N–H and O–H groups in total. The smallest absolute Gasteiger partial charge is 0.323 e. The molecule has 0 spiro atoms. The first-order chi connectivity index (χ1) is 19.8. The summed E-state index contributed by atoms with van der Waals surface area (Å²) in [6.45, 7) is 7.45. The Labute approximate surface area is 241 Å². The number of aliphatic hydroxyl groups is 1. The van der Waals surface area contributed by atoms with Crippen molar-refractivity contribution in [2.75, 3.05) is 50.8 Å². The van der Waals surface area contributed by atoms with E-state index >= 15 is 0 Å². The summed E-state index contributed by atoms with van der Waals surface area (Å²) in [4.78, 5) is 28.6. The number of urea groups is 1. The van der Waals surface area contributed by atoms with Gasteiger partial charge in [0.2, 0.25) is 6.79 Å². The largest absolute Gasteiger partial charge is 0.490 e. The van der Waals surface area contributed by atoms with Crippen LogP contribution >= 0.6 is 0 Å². The van der Waals surface area contributed by atoms with Crippen molar-refractivity contribution < 1.29 is 33.6 Å². The molecule has 11 nitrogen and oxygen atoms in total. The van der Waals surface area contributed by atoms with Gasteiger partial charge in [0.25, 0.3) is 5.91 Å². The summed E-state index contributed by atoms with van der Waals surface area (Å²) >= 11 is 0. The van der Waals surface area contributed by atoms with E-state index in [9.17, 15) is 14.7 Å². The first-order valence-corrected chi connectivity index (χ1v) is 14.3. The van der Waals surface area contributed by atoms with E-state index in [1.807, 2.05) is 20.9 Å². The number of hydrogen-bond donors (Lipinski definition) is 4. The molecule has 2 heterocycles. The standard InChI is InChI=1S/C30H42N4O7/c1-19-16-34(20(2)17-35)29(36)24-13-22(32-30(37)33-23-9-11-26-27(14-23)40-18-39-26)8-10-25(24)41-21(3)7-5-6-12-38-28(19)15-31-4/h8-11,13-14,19-21,28,31,35H,5-7,12,15-18H2,1-4H3,(H2,32,33,37)/t19-,20-,21-,28-/m1/s1. The number of anilines is 2. The van der Waals surface area contributed by atoms with Crippen LogP contribution in [0.15, 0.2) is 36.4 Å². The van der Waals surface area contributed by atoms with Crippen LogP contribution in [0.4, 0.5) is 16.2 Å². The number of aliphatic hydroxyl groups excluding tert-OH is 1. The Morgan fingerprint density at radius 1 is 1.05 bits per heavy atom. The van der Waals surface area contributed by atoms with Gasteiger partial charge in [0, 0.05) is 43.1 Å². The van der Waals surface area contributed by atoms with E-state index in [1.54, 1.807) is 41.3 Å². The summed E-state index contributed by atoms with van der Waals surface area (Å²) in [7, 11) is 1.88. The lowest BCUT2D eigenvalue weighted by atomic mass is 10.0. The summed E-state index contributed by atoms with van der Waals surface area (Å²) in [5.41, 5.74) is 1.27. The third-order valence-corrected chi connectivity index (χ3v) is 7.35. The topological polar surface area (TPSA) is 131 Å². The molecule has 4 atom stereocenters. The highest BCUT2D eigenvalue weighted by atomic mass is 16.7. The summed E-state index contributed by atoms with van der Waals surface area (Å²) in [6.07, 6.45) is 2.42. The highest BCUT2D eigenvalue weighted by Crippen LogP contribution is 2.34. The third kappa shape index (κ3) is 8.02. The van der Waals surface area contributed by atoms with Gasteiger partial charge in [-0.15, -0.1) is 0 Å². The Morgan fingerprint density at radius 3 is 2.49 bits per heavy atom. The van der Waals surface area contributed by atoms with Gasteiger partial charge in [-0.2, -0.15) is 0 Å². The lowest BCUT2D eigenvalue weighted by molar-refractivity contribution is -0.000451. The minimum absolute atomic E-state index is 0.000388. The van der Waals surface area contributed by atoms with Crippen LogP contribution in [0.1, 0.15) is 50.4 Å². The summed E-state index contributed by atoms with van der Waals surface area (Å²) < 4.78 is 23.2. The van der Waals surface area contributed by atoms with Gasteiger partial charge in [-0.3, -0.25) is 4.79 Å². The van der Waals surface area contributed by atoms with Crippen LogP contribution in [0.3, 0.4) is 0 Å². The molecular weight excluding hydrogens is 528 g/mol. The Balaban J connectivity index is 1.60. The van der Waals surface area contributed by atoms with E-state index in [2.05, 4.69) is 22.9 Å². The fraction of sp³-hybridized carbons (Fsp3) is 0.533. The molecular formula is C30H42N4O7. The van der Waals surface area contributed by atoms with E-state index in [1.165, 1.54) is 0 Å². The molecule has 224 valence electrons. The van der Waals surface area contributed by atoms with Crippen molar-refractivity contribution in [1.29, 1.82) is 0 Å². The highest BCUT2D eigenvalue weighted by molar-refractivity contribution is 6.02. The molecule has 0 fully saturated rings. The molecule has 0 unspecified atom stereocenters. The van der Waals surface area contributed by atoms with Gasteiger partial charge in [-0.1, -0.05) is 6.92 Å². The first-order valence-electron chi connectivity index (χ1n) is 14.3. The van der Waals surface area contributed by atoms with Crippen molar-refractivity contribution in [3.63, 3.8) is 0 Å². The summed E-state index contributed by atoms with van der Waals surface area (Å²) in [5, 5.41) is 18.8. The molecule has 0 aromatic heterocycles. The maximum absolute atomic E-state index is 14.1. The Hall–Kier alpha value is -3.54. The van der Waals surface area contributed by atoms with E-state index in [0.29, 0.717) is 53.9 Å². The quantitative estimate of drug-likeness (QED) is 0.409. The van der Waals surface area contributed by atoms with Gasteiger partial charge in [-0.25, -0.2) is 4.79 Å². The van der Waals surface area contributed by atoms with Gasteiger partial charge in [0.15, 0.2) is 11.5 Å².